The minimum absolute atomic E-state index is 0.00102. The largest absolute Gasteiger partial charge is 0.508 e. The van der Waals surface area contributed by atoms with Crippen LogP contribution in [0.1, 0.15) is 39.5 Å². The molecule has 0 spiro atoms. The molecule has 1 rings (SSSR count). The molecular formula is C12H20O3. The van der Waals surface area contributed by atoms with E-state index in [0.29, 0.717) is 5.92 Å². The molecule has 2 unspecified atom stereocenters. The normalized spacial score (nSPS) is 30.7. The van der Waals surface area contributed by atoms with Crippen molar-refractivity contribution in [1.29, 1.82) is 0 Å². The van der Waals surface area contributed by atoms with Crippen LogP contribution in [-0.2, 0) is 9.47 Å². The molecule has 0 amide bonds. The molecule has 2 atom stereocenters. The summed E-state index contributed by atoms with van der Waals surface area (Å²) in [7, 11) is 1.35. The van der Waals surface area contributed by atoms with Gasteiger partial charge < -0.3 is 9.47 Å². The van der Waals surface area contributed by atoms with Crippen molar-refractivity contribution in [3.63, 3.8) is 0 Å². The van der Waals surface area contributed by atoms with E-state index in [1.807, 2.05) is 0 Å². The standard InChI is InChI=1S/C12H20O3/c1-9-5-4-6-10(2)11(8-7-9)15-12(13)14-3/h5,10-11H,4,6-8H2,1-3H3/b9-5-. The third-order valence-electron chi connectivity index (χ3n) is 2.99. The van der Waals surface area contributed by atoms with Crippen molar-refractivity contribution in [3.8, 4) is 0 Å². The van der Waals surface area contributed by atoms with Gasteiger partial charge in [0.05, 0.1) is 7.11 Å². The first-order chi connectivity index (χ1) is 7.13. The molecule has 0 aliphatic heterocycles. The van der Waals surface area contributed by atoms with Gasteiger partial charge in [0.1, 0.15) is 6.10 Å². The Morgan fingerprint density at radius 1 is 1.47 bits per heavy atom. The summed E-state index contributed by atoms with van der Waals surface area (Å²) in [5.74, 6) is 0.411. The van der Waals surface area contributed by atoms with Gasteiger partial charge in [-0.25, -0.2) is 4.79 Å². The highest BCUT2D eigenvalue weighted by Crippen LogP contribution is 2.24. The second-order valence-corrected chi connectivity index (χ2v) is 4.25. The van der Waals surface area contributed by atoms with Gasteiger partial charge in [-0.1, -0.05) is 18.6 Å². The quantitative estimate of drug-likeness (QED) is 0.494. The zero-order valence-electron chi connectivity index (χ0n) is 9.79. The van der Waals surface area contributed by atoms with E-state index in [1.54, 1.807) is 0 Å². The van der Waals surface area contributed by atoms with Gasteiger partial charge in [0.2, 0.25) is 0 Å². The van der Waals surface area contributed by atoms with Crippen LogP contribution in [0, 0.1) is 5.92 Å². The summed E-state index contributed by atoms with van der Waals surface area (Å²) in [6.45, 7) is 4.26. The Morgan fingerprint density at radius 3 is 2.87 bits per heavy atom. The van der Waals surface area contributed by atoms with E-state index < -0.39 is 6.16 Å². The Kier molecular flexibility index (Phi) is 4.66. The maximum atomic E-state index is 11.0. The van der Waals surface area contributed by atoms with E-state index in [4.69, 9.17) is 4.74 Å². The van der Waals surface area contributed by atoms with Crippen LogP contribution in [-0.4, -0.2) is 19.4 Å². The van der Waals surface area contributed by atoms with Gasteiger partial charge in [0, 0.05) is 0 Å². The zero-order valence-corrected chi connectivity index (χ0v) is 9.79. The summed E-state index contributed by atoms with van der Waals surface area (Å²) in [5, 5.41) is 0. The average molecular weight is 212 g/mol. The van der Waals surface area contributed by atoms with Gasteiger partial charge in [0.25, 0.3) is 0 Å². The Morgan fingerprint density at radius 2 is 2.20 bits per heavy atom. The molecule has 0 saturated carbocycles. The maximum absolute atomic E-state index is 11.0. The molecule has 0 bridgehead atoms. The van der Waals surface area contributed by atoms with Crippen molar-refractivity contribution in [2.24, 2.45) is 5.92 Å². The molecule has 1 aliphatic rings. The lowest BCUT2D eigenvalue weighted by Crippen LogP contribution is -2.26. The number of ether oxygens (including phenoxy) is 2. The van der Waals surface area contributed by atoms with Crippen molar-refractivity contribution in [3.05, 3.63) is 11.6 Å². The monoisotopic (exact) mass is 212 g/mol. The zero-order chi connectivity index (χ0) is 11.3. The van der Waals surface area contributed by atoms with Gasteiger partial charge in [-0.2, -0.15) is 0 Å². The number of carbonyl (C=O) groups excluding carboxylic acids is 1. The first kappa shape index (κ1) is 12.1. The van der Waals surface area contributed by atoms with Crippen LogP contribution in [0.3, 0.4) is 0 Å². The molecule has 0 N–H and O–H groups in total. The Balaban J connectivity index is 2.54. The van der Waals surface area contributed by atoms with Crippen LogP contribution in [0.25, 0.3) is 0 Å². The van der Waals surface area contributed by atoms with Gasteiger partial charge >= 0.3 is 6.16 Å². The van der Waals surface area contributed by atoms with Crippen LogP contribution < -0.4 is 0 Å². The Bertz CT molecular complexity index is 245. The van der Waals surface area contributed by atoms with Crippen molar-refractivity contribution in [1.82, 2.24) is 0 Å². The topological polar surface area (TPSA) is 35.5 Å². The minimum atomic E-state index is -0.561. The highest BCUT2D eigenvalue weighted by Gasteiger charge is 2.22. The summed E-state index contributed by atoms with van der Waals surface area (Å²) in [6.07, 6.45) is 5.78. The number of rotatable bonds is 1. The molecule has 0 aromatic rings. The number of hydrogen-bond donors (Lipinski definition) is 0. The van der Waals surface area contributed by atoms with E-state index in [0.717, 1.165) is 25.7 Å². The molecule has 0 aromatic carbocycles. The molecule has 86 valence electrons. The highest BCUT2D eigenvalue weighted by molar-refractivity contribution is 5.59. The smallest absolute Gasteiger partial charge is 0.438 e. The lowest BCUT2D eigenvalue weighted by Gasteiger charge is -2.25. The summed E-state index contributed by atoms with van der Waals surface area (Å²) >= 11 is 0. The first-order valence-corrected chi connectivity index (χ1v) is 5.53. The van der Waals surface area contributed by atoms with Gasteiger partial charge in [-0.05, 0) is 38.5 Å². The summed E-state index contributed by atoms with van der Waals surface area (Å²) < 4.78 is 9.77. The maximum Gasteiger partial charge on any atom is 0.508 e. The molecule has 0 radical (unpaired) electrons. The van der Waals surface area contributed by atoms with E-state index in [9.17, 15) is 4.79 Å². The summed E-state index contributed by atoms with van der Waals surface area (Å²) in [5.41, 5.74) is 1.39. The number of methoxy groups -OCH3 is 1. The fraction of sp³-hybridized carbons (Fsp3) is 0.750. The predicted molar refractivity (Wildman–Crippen MR) is 58.7 cm³/mol. The van der Waals surface area contributed by atoms with Crippen LogP contribution in [0.2, 0.25) is 0 Å². The van der Waals surface area contributed by atoms with Crippen molar-refractivity contribution in [2.45, 2.75) is 45.6 Å². The van der Waals surface area contributed by atoms with E-state index in [-0.39, 0.29) is 6.10 Å². The average Bonchev–Trinajstić information content (AvgIpc) is 2.21. The molecule has 3 heteroatoms. The van der Waals surface area contributed by atoms with Crippen LogP contribution in [0.15, 0.2) is 11.6 Å². The fourth-order valence-electron chi connectivity index (χ4n) is 1.88. The fourth-order valence-corrected chi connectivity index (χ4v) is 1.88. The molecule has 15 heavy (non-hydrogen) atoms. The van der Waals surface area contributed by atoms with Crippen LogP contribution in [0.5, 0.6) is 0 Å². The molecule has 0 heterocycles. The molecule has 0 fully saturated rings. The number of allylic oxidation sites excluding steroid dienone is 2. The Labute approximate surface area is 91.4 Å². The lowest BCUT2D eigenvalue weighted by molar-refractivity contribution is 0.0106. The third kappa shape index (κ3) is 3.94. The second kappa shape index (κ2) is 5.79. The number of carbonyl (C=O) groups is 1. The van der Waals surface area contributed by atoms with E-state index in [1.165, 1.54) is 12.7 Å². The van der Waals surface area contributed by atoms with Gasteiger partial charge in [-0.3, -0.25) is 0 Å². The molecule has 3 nitrogen and oxygen atoms in total. The minimum Gasteiger partial charge on any atom is -0.438 e. The molecule has 1 aliphatic carbocycles. The van der Waals surface area contributed by atoms with Crippen molar-refractivity contribution < 1.29 is 14.3 Å². The highest BCUT2D eigenvalue weighted by atomic mass is 16.7. The number of hydrogen-bond acceptors (Lipinski definition) is 3. The molecular weight excluding hydrogens is 192 g/mol. The first-order valence-electron chi connectivity index (χ1n) is 5.53. The van der Waals surface area contributed by atoms with Crippen LogP contribution in [0.4, 0.5) is 4.79 Å². The van der Waals surface area contributed by atoms with Gasteiger partial charge in [0.15, 0.2) is 0 Å². The SMILES string of the molecule is COC(=O)OC1CC/C(C)=C\CCC1C. The van der Waals surface area contributed by atoms with Crippen molar-refractivity contribution >= 4 is 6.16 Å². The van der Waals surface area contributed by atoms with Crippen molar-refractivity contribution in [2.75, 3.05) is 7.11 Å². The van der Waals surface area contributed by atoms with Gasteiger partial charge in [-0.15, -0.1) is 0 Å². The molecule has 0 aromatic heterocycles. The van der Waals surface area contributed by atoms with Crippen LogP contribution >= 0.6 is 0 Å². The predicted octanol–water partition coefficient (Wildman–Crippen LogP) is 3.29. The summed E-state index contributed by atoms with van der Waals surface area (Å²) in [6, 6.07) is 0. The lowest BCUT2D eigenvalue weighted by atomic mass is 9.90. The van der Waals surface area contributed by atoms with E-state index >= 15 is 0 Å². The second-order valence-electron chi connectivity index (χ2n) is 4.25. The third-order valence-corrected chi connectivity index (χ3v) is 2.99. The van der Waals surface area contributed by atoms with E-state index in [2.05, 4.69) is 24.7 Å². The molecule has 0 saturated heterocycles. The summed E-state index contributed by atoms with van der Waals surface area (Å²) in [4.78, 5) is 11.0. The Hall–Kier alpha value is -0.990.